The van der Waals surface area contributed by atoms with Gasteiger partial charge in [-0.1, -0.05) is 48.0 Å². The van der Waals surface area contributed by atoms with Crippen molar-refractivity contribution < 1.29 is 9.53 Å². The second-order valence-corrected chi connectivity index (χ2v) is 15.9. The summed E-state index contributed by atoms with van der Waals surface area (Å²) in [6.45, 7) is 22.0. The minimum Gasteiger partial charge on any atom is -0.460 e. The van der Waals surface area contributed by atoms with Gasteiger partial charge in [-0.05, 0) is 129 Å². The highest BCUT2D eigenvalue weighted by Crippen LogP contribution is 2.78. The zero-order valence-electron chi connectivity index (χ0n) is 24.0. The zero-order valence-corrected chi connectivity index (χ0v) is 24.0. The first-order valence-corrected chi connectivity index (χ1v) is 14.8. The first-order valence-electron chi connectivity index (χ1n) is 14.8. The van der Waals surface area contributed by atoms with E-state index in [-0.39, 0.29) is 11.6 Å². The molecule has 0 aliphatic heterocycles. The quantitative estimate of drug-likeness (QED) is 0.377. The molecule has 0 radical (unpaired) electrons. The average molecular weight is 471 g/mol. The Kier molecular flexibility index (Phi) is 5.55. The molecule has 0 aromatic heterocycles. The first-order chi connectivity index (χ1) is 15.6. The smallest absolute Gasteiger partial charge is 0.303 e. The van der Waals surface area contributed by atoms with Crippen LogP contribution < -0.4 is 0 Å². The second kappa shape index (κ2) is 7.50. The van der Waals surface area contributed by atoms with E-state index in [9.17, 15) is 4.79 Å². The van der Waals surface area contributed by atoms with E-state index in [0.717, 1.165) is 17.8 Å². The summed E-state index contributed by atoms with van der Waals surface area (Å²) in [6.07, 6.45) is 15.3. The molecular weight excluding hydrogens is 416 g/mol. The normalized spacial score (nSPS) is 52.1. The van der Waals surface area contributed by atoms with Gasteiger partial charge in [-0.25, -0.2) is 0 Å². The topological polar surface area (TPSA) is 26.3 Å². The van der Waals surface area contributed by atoms with Gasteiger partial charge in [0.1, 0.15) is 5.60 Å². The van der Waals surface area contributed by atoms with E-state index in [1.165, 1.54) is 70.6 Å². The van der Waals surface area contributed by atoms with Gasteiger partial charge in [-0.15, -0.1) is 0 Å². The molecule has 0 bridgehead atoms. The largest absolute Gasteiger partial charge is 0.460 e. The summed E-state index contributed by atoms with van der Waals surface area (Å²) in [7, 11) is 0. The molecule has 0 heterocycles. The summed E-state index contributed by atoms with van der Waals surface area (Å²) in [5.41, 5.74) is 1.99. The van der Waals surface area contributed by atoms with E-state index >= 15 is 0 Å². The Morgan fingerprint density at radius 1 is 0.706 bits per heavy atom. The summed E-state index contributed by atoms with van der Waals surface area (Å²) in [6, 6.07) is 0. The van der Waals surface area contributed by atoms with Gasteiger partial charge in [-0.2, -0.15) is 0 Å². The molecule has 0 amide bonds. The van der Waals surface area contributed by atoms with E-state index in [0.29, 0.717) is 38.9 Å². The van der Waals surface area contributed by atoms with Gasteiger partial charge in [0, 0.05) is 12.8 Å². The van der Waals surface area contributed by atoms with E-state index < -0.39 is 0 Å². The van der Waals surface area contributed by atoms with Crippen molar-refractivity contribution in [3.05, 3.63) is 0 Å². The van der Waals surface area contributed by atoms with Gasteiger partial charge < -0.3 is 4.74 Å². The fourth-order valence-electron chi connectivity index (χ4n) is 12.6. The molecule has 5 saturated carbocycles. The highest BCUT2D eigenvalue weighted by atomic mass is 16.6. The second-order valence-electron chi connectivity index (χ2n) is 15.9. The van der Waals surface area contributed by atoms with Crippen LogP contribution in [0.5, 0.6) is 0 Å². The van der Waals surface area contributed by atoms with E-state index in [1.807, 2.05) is 0 Å². The van der Waals surface area contributed by atoms with Crippen LogP contribution in [-0.2, 0) is 9.53 Å². The lowest BCUT2D eigenvalue weighted by atomic mass is 9.32. The Morgan fingerprint density at radius 2 is 1.29 bits per heavy atom. The number of ether oxygens (including phenoxy) is 1. The Bertz CT molecular complexity index is 842. The number of rotatable bonds is 2. The molecule has 0 spiro atoms. The molecule has 0 N–H and O–H groups in total. The number of carbonyl (C=O) groups is 1. The third-order valence-electron chi connectivity index (χ3n) is 14.0. The van der Waals surface area contributed by atoms with Crippen LogP contribution in [-0.4, -0.2) is 11.6 Å². The minimum absolute atomic E-state index is 0.118. The molecule has 5 aliphatic carbocycles. The van der Waals surface area contributed by atoms with Crippen LogP contribution in [0.25, 0.3) is 0 Å². The van der Waals surface area contributed by atoms with Crippen LogP contribution in [0.2, 0.25) is 0 Å². The van der Waals surface area contributed by atoms with E-state index in [4.69, 9.17) is 4.74 Å². The highest BCUT2D eigenvalue weighted by Gasteiger charge is 2.70. The number of esters is 1. The third kappa shape index (κ3) is 3.14. The van der Waals surface area contributed by atoms with Gasteiger partial charge in [0.2, 0.25) is 0 Å². The Morgan fingerprint density at radius 3 is 1.91 bits per heavy atom. The van der Waals surface area contributed by atoms with Crippen LogP contribution in [0.4, 0.5) is 0 Å². The van der Waals surface area contributed by atoms with Crippen molar-refractivity contribution in [2.24, 2.45) is 56.7 Å². The fraction of sp³-hybridized carbons (Fsp3) is 0.969. The Balaban J connectivity index is 1.48. The van der Waals surface area contributed by atoms with Gasteiger partial charge in [0.25, 0.3) is 0 Å². The zero-order chi connectivity index (χ0) is 24.9. The molecule has 9 atom stereocenters. The van der Waals surface area contributed by atoms with Crippen molar-refractivity contribution in [2.45, 2.75) is 139 Å². The summed E-state index contributed by atoms with van der Waals surface area (Å²) >= 11 is 0. The van der Waals surface area contributed by atoms with Crippen molar-refractivity contribution in [3.63, 3.8) is 0 Å². The lowest BCUT2D eigenvalue weighted by Gasteiger charge is -2.73. The molecule has 2 heteroatoms. The fourth-order valence-corrected chi connectivity index (χ4v) is 12.6. The van der Waals surface area contributed by atoms with Crippen molar-refractivity contribution in [1.82, 2.24) is 0 Å². The standard InChI is InChI=1S/C32H54O2/c1-21(33)34-28(4,5)22-13-18-29(6)23(22)14-19-31(8)25(29)11-12-26-30(7)17-10-16-27(2,3)24(30)15-20-32(26,31)9/h22-26H,10-20H2,1-9H3. The summed E-state index contributed by atoms with van der Waals surface area (Å²) in [5.74, 6) is 3.68. The molecule has 9 unspecified atom stereocenters. The Labute approximate surface area is 210 Å². The van der Waals surface area contributed by atoms with Crippen molar-refractivity contribution >= 4 is 5.97 Å². The maximum atomic E-state index is 11.9. The highest BCUT2D eigenvalue weighted by molar-refractivity contribution is 5.66. The lowest BCUT2D eigenvalue weighted by Crippen LogP contribution is -2.66. The van der Waals surface area contributed by atoms with Gasteiger partial charge in [0.15, 0.2) is 0 Å². The van der Waals surface area contributed by atoms with Crippen LogP contribution in [0.1, 0.15) is 133 Å². The predicted octanol–water partition coefficient (Wildman–Crippen LogP) is 8.82. The van der Waals surface area contributed by atoms with E-state index in [2.05, 4.69) is 55.4 Å². The third-order valence-corrected chi connectivity index (χ3v) is 14.0. The molecule has 0 saturated heterocycles. The number of hydrogen-bond donors (Lipinski definition) is 0. The predicted molar refractivity (Wildman–Crippen MR) is 140 cm³/mol. The van der Waals surface area contributed by atoms with Gasteiger partial charge in [0.05, 0.1) is 0 Å². The van der Waals surface area contributed by atoms with Gasteiger partial charge in [-0.3, -0.25) is 4.79 Å². The summed E-state index contributed by atoms with van der Waals surface area (Å²) in [4.78, 5) is 11.9. The van der Waals surface area contributed by atoms with Crippen LogP contribution >= 0.6 is 0 Å². The van der Waals surface area contributed by atoms with Crippen LogP contribution in [0, 0.1) is 56.7 Å². The molecule has 5 rings (SSSR count). The summed E-state index contributed by atoms with van der Waals surface area (Å²) < 4.78 is 5.94. The number of fused-ring (bicyclic) bond motifs is 7. The van der Waals surface area contributed by atoms with E-state index in [1.54, 1.807) is 6.92 Å². The molecule has 5 aliphatic rings. The monoisotopic (exact) mass is 470 g/mol. The first kappa shape index (κ1) is 25.1. The SMILES string of the molecule is CC(=O)OC(C)(C)C1CCC2(C)C1CCC1(C)C2CCC2C3(C)CCCC(C)(C)C3CCC21C. The minimum atomic E-state index is -0.345. The van der Waals surface area contributed by atoms with Crippen molar-refractivity contribution in [1.29, 1.82) is 0 Å². The van der Waals surface area contributed by atoms with Crippen LogP contribution in [0.15, 0.2) is 0 Å². The molecule has 5 fully saturated rings. The molecule has 0 aromatic rings. The maximum absolute atomic E-state index is 11.9. The van der Waals surface area contributed by atoms with Crippen molar-refractivity contribution in [2.75, 3.05) is 0 Å². The maximum Gasteiger partial charge on any atom is 0.303 e. The summed E-state index contributed by atoms with van der Waals surface area (Å²) in [5, 5.41) is 0. The van der Waals surface area contributed by atoms with Gasteiger partial charge >= 0.3 is 5.97 Å². The molecule has 0 aromatic carbocycles. The van der Waals surface area contributed by atoms with Crippen LogP contribution in [0.3, 0.4) is 0 Å². The molecular formula is C32H54O2. The number of carbonyl (C=O) groups excluding carboxylic acids is 1. The number of hydrogen-bond acceptors (Lipinski definition) is 2. The lowest BCUT2D eigenvalue weighted by molar-refractivity contribution is -0.243. The Hall–Kier alpha value is -0.530. The average Bonchev–Trinajstić information content (AvgIpc) is 3.05. The molecule has 194 valence electrons. The molecule has 34 heavy (non-hydrogen) atoms. The molecule has 2 nitrogen and oxygen atoms in total. The van der Waals surface area contributed by atoms with Crippen molar-refractivity contribution in [3.8, 4) is 0 Å².